The fourth-order valence-electron chi connectivity index (χ4n) is 2.15. The molecule has 0 spiro atoms. The summed E-state index contributed by atoms with van der Waals surface area (Å²) in [4.78, 5) is 23.5. The molecule has 0 saturated carbocycles. The van der Waals surface area contributed by atoms with Gasteiger partial charge >= 0.3 is 0 Å². The molecule has 0 saturated heterocycles. The zero-order valence-electron chi connectivity index (χ0n) is 14.9. The van der Waals surface area contributed by atoms with Crippen LogP contribution in [0.15, 0.2) is 48.5 Å². The number of amides is 2. The fraction of sp³-hybridized carbons (Fsp3) is 0.263. The Balaban J connectivity index is 1.78. The number of nitrogens with one attached hydrogen (secondary N) is 3. The second-order valence-electron chi connectivity index (χ2n) is 5.42. The molecule has 0 aromatic heterocycles. The summed E-state index contributed by atoms with van der Waals surface area (Å²) in [6, 6.07) is 14.0. The van der Waals surface area contributed by atoms with Crippen LogP contribution in [-0.2, 0) is 9.53 Å². The van der Waals surface area contributed by atoms with Crippen LogP contribution in [-0.4, -0.2) is 45.7 Å². The van der Waals surface area contributed by atoms with E-state index in [4.69, 9.17) is 9.47 Å². The van der Waals surface area contributed by atoms with Gasteiger partial charge in [0, 0.05) is 31.1 Å². The van der Waals surface area contributed by atoms with E-state index in [1.807, 2.05) is 24.3 Å². The maximum Gasteiger partial charge on any atom is 0.251 e. The van der Waals surface area contributed by atoms with Crippen molar-refractivity contribution in [2.45, 2.75) is 0 Å². The van der Waals surface area contributed by atoms with Crippen LogP contribution in [0.5, 0.6) is 5.75 Å². The van der Waals surface area contributed by atoms with Crippen molar-refractivity contribution >= 4 is 23.2 Å². The third kappa shape index (κ3) is 6.10. The van der Waals surface area contributed by atoms with Gasteiger partial charge in [0.2, 0.25) is 5.91 Å². The average Bonchev–Trinajstić information content (AvgIpc) is 2.67. The molecule has 0 aliphatic carbocycles. The first kappa shape index (κ1) is 19.3. The molecule has 3 N–H and O–H groups in total. The van der Waals surface area contributed by atoms with Crippen LogP contribution in [0.2, 0.25) is 0 Å². The number of methoxy groups -OCH3 is 1. The fourth-order valence-corrected chi connectivity index (χ4v) is 2.15. The summed E-state index contributed by atoms with van der Waals surface area (Å²) < 4.78 is 10.4. The summed E-state index contributed by atoms with van der Waals surface area (Å²) in [5, 5.41) is 8.36. The molecule has 0 bridgehead atoms. The quantitative estimate of drug-likeness (QED) is 0.598. The van der Waals surface area contributed by atoms with Crippen LogP contribution in [0, 0.1) is 0 Å². The Morgan fingerprint density at radius 3 is 2.19 bits per heavy atom. The normalized spacial score (nSPS) is 10.1. The Bertz CT molecular complexity index is 715. The minimum atomic E-state index is -0.182. The van der Waals surface area contributed by atoms with Crippen LogP contribution < -0.4 is 20.7 Å². The molecule has 0 heterocycles. The molecule has 2 rings (SSSR count). The van der Waals surface area contributed by atoms with E-state index in [1.54, 1.807) is 38.4 Å². The monoisotopic (exact) mass is 357 g/mol. The van der Waals surface area contributed by atoms with Gasteiger partial charge in [-0.1, -0.05) is 0 Å². The van der Waals surface area contributed by atoms with Crippen molar-refractivity contribution in [3.8, 4) is 5.75 Å². The first-order valence-electron chi connectivity index (χ1n) is 8.20. The number of benzene rings is 2. The van der Waals surface area contributed by atoms with Crippen LogP contribution in [0.25, 0.3) is 0 Å². The highest BCUT2D eigenvalue weighted by Gasteiger charge is 2.05. The lowest BCUT2D eigenvalue weighted by Gasteiger charge is -2.10. The number of carbonyl (C=O) groups is 2. The van der Waals surface area contributed by atoms with Crippen molar-refractivity contribution in [3.63, 3.8) is 0 Å². The van der Waals surface area contributed by atoms with Gasteiger partial charge in [-0.25, -0.2) is 0 Å². The molecule has 2 aromatic carbocycles. The van der Waals surface area contributed by atoms with Gasteiger partial charge < -0.3 is 25.4 Å². The predicted octanol–water partition coefficient (Wildman–Crippen LogP) is 2.12. The summed E-state index contributed by atoms with van der Waals surface area (Å²) >= 11 is 0. The molecule has 2 amide bonds. The molecule has 0 unspecified atom stereocenters. The van der Waals surface area contributed by atoms with Crippen molar-refractivity contribution in [2.24, 2.45) is 0 Å². The topological polar surface area (TPSA) is 88.7 Å². The average molecular weight is 357 g/mol. The SMILES string of the molecule is CNC(=O)c1ccc(NC(=O)CNc2ccc(OCCOC)cc2)cc1. The zero-order valence-corrected chi connectivity index (χ0v) is 14.9. The van der Waals surface area contributed by atoms with Crippen molar-refractivity contribution < 1.29 is 19.1 Å². The lowest BCUT2D eigenvalue weighted by Crippen LogP contribution is -2.22. The Kier molecular flexibility index (Phi) is 7.45. The first-order chi connectivity index (χ1) is 12.6. The maximum atomic E-state index is 12.0. The number of ether oxygens (including phenoxy) is 2. The molecule has 7 heteroatoms. The van der Waals surface area contributed by atoms with Gasteiger partial charge in [0.1, 0.15) is 12.4 Å². The van der Waals surface area contributed by atoms with Gasteiger partial charge in [0.25, 0.3) is 5.91 Å². The van der Waals surface area contributed by atoms with Crippen molar-refractivity contribution in [3.05, 3.63) is 54.1 Å². The van der Waals surface area contributed by atoms with E-state index in [-0.39, 0.29) is 18.4 Å². The second kappa shape index (κ2) is 10.0. The van der Waals surface area contributed by atoms with Crippen LogP contribution in [0.3, 0.4) is 0 Å². The molecule has 26 heavy (non-hydrogen) atoms. The summed E-state index contributed by atoms with van der Waals surface area (Å²) in [6.07, 6.45) is 0. The van der Waals surface area contributed by atoms with E-state index in [0.717, 1.165) is 11.4 Å². The van der Waals surface area contributed by atoms with Gasteiger partial charge in [0.05, 0.1) is 13.2 Å². The highest BCUT2D eigenvalue weighted by atomic mass is 16.5. The third-order valence-corrected chi connectivity index (χ3v) is 3.52. The summed E-state index contributed by atoms with van der Waals surface area (Å²) in [7, 11) is 3.19. The van der Waals surface area contributed by atoms with Gasteiger partial charge in [-0.05, 0) is 48.5 Å². The van der Waals surface area contributed by atoms with Crippen LogP contribution >= 0.6 is 0 Å². The first-order valence-corrected chi connectivity index (χ1v) is 8.20. The smallest absolute Gasteiger partial charge is 0.251 e. The number of hydrogen-bond donors (Lipinski definition) is 3. The van der Waals surface area contributed by atoms with Crippen molar-refractivity contribution in [2.75, 3.05) is 44.5 Å². The standard InChI is InChI=1S/C19H23N3O4/c1-20-19(24)14-3-5-16(6-4-14)22-18(23)13-21-15-7-9-17(10-8-15)26-12-11-25-2/h3-10,21H,11-13H2,1-2H3,(H,20,24)(H,22,23). The number of hydrogen-bond acceptors (Lipinski definition) is 5. The highest BCUT2D eigenvalue weighted by molar-refractivity contribution is 5.96. The molecule has 0 radical (unpaired) electrons. The predicted molar refractivity (Wildman–Crippen MR) is 101 cm³/mol. The zero-order chi connectivity index (χ0) is 18.8. The Hall–Kier alpha value is -3.06. The molecule has 0 atom stereocenters. The molecule has 0 aliphatic heterocycles. The van der Waals surface area contributed by atoms with Crippen molar-refractivity contribution in [1.82, 2.24) is 5.32 Å². The number of carbonyl (C=O) groups excluding carboxylic acids is 2. The minimum absolute atomic E-state index is 0.126. The molecule has 0 fully saturated rings. The van der Waals surface area contributed by atoms with E-state index in [1.165, 1.54) is 0 Å². The Labute approximate surface area is 152 Å². The van der Waals surface area contributed by atoms with E-state index in [0.29, 0.717) is 24.5 Å². The van der Waals surface area contributed by atoms with E-state index in [2.05, 4.69) is 16.0 Å². The van der Waals surface area contributed by atoms with E-state index < -0.39 is 0 Å². The van der Waals surface area contributed by atoms with Gasteiger partial charge in [-0.2, -0.15) is 0 Å². The summed E-state index contributed by atoms with van der Waals surface area (Å²) in [6.45, 7) is 1.15. The van der Waals surface area contributed by atoms with Gasteiger partial charge in [-0.15, -0.1) is 0 Å². The lowest BCUT2D eigenvalue weighted by atomic mass is 10.2. The molecule has 7 nitrogen and oxygen atoms in total. The summed E-state index contributed by atoms with van der Waals surface area (Å²) in [5.41, 5.74) is 1.98. The molecular weight excluding hydrogens is 334 g/mol. The third-order valence-electron chi connectivity index (χ3n) is 3.52. The molecule has 2 aromatic rings. The van der Waals surface area contributed by atoms with Gasteiger partial charge in [-0.3, -0.25) is 9.59 Å². The van der Waals surface area contributed by atoms with Crippen molar-refractivity contribution in [1.29, 1.82) is 0 Å². The van der Waals surface area contributed by atoms with Crippen LogP contribution in [0.1, 0.15) is 10.4 Å². The maximum absolute atomic E-state index is 12.0. The molecular formula is C19H23N3O4. The Morgan fingerprint density at radius 2 is 1.58 bits per heavy atom. The summed E-state index contributed by atoms with van der Waals surface area (Å²) in [5.74, 6) is 0.394. The number of rotatable bonds is 9. The largest absolute Gasteiger partial charge is 0.491 e. The van der Waals surface area contributed by atoms with E-state index in [9.17, 15) is 9.59 Å². The second-order valence-corrected chi connectivity index (χ2v) is 5.42. The molecule has 138 valence electrons. The lowest BCUT2D eigenvalue weighted by molar-refractivity contribution is -0.114. The van der Waals surface area contributed by atoms with E-state index >= 15 is 0 Å². The minimum Gasteiger partial charge on any atom is -0.491 e. The highest BCUT2D eigenvalue weighted by Crippen LogP contribution is 2.15. The molecule has 0 aliphatic rings. The van der Waals surface area contributed by atoms with Crippen LogP contribution in [0.4, 0.5) is 11.4 Å². The van der Waals surface area contributed by atoms with Gasteiger partial charge in [0.15, 0.2) is 0 Å². The number of anilines is 2. The Morgan fingerprint density at radius 1 is 0.923 bits per heavy atom.